The molecule has 1 aliphatic carbocycles. The van der Waals surface area contributed by atoms with Gasteiger partial charge in [0, 0.05) is 24.4 Å². The SMILES string of the molecule is Nc1nc2c(ncn2[C@@H]2O[C@@H]3COP(O)(=S)OC[C@@H]4[C@@H](COP(O)(=S)O[C@H]3[C@H]2F)C[C@H]4n2cnc3c(N)n4ccnc4nc32)c(=O)[nH]1. The maximum absolute atomic E-state index is 16.1. The van der Waals surface area contributed by atoms with Crippen LogP contribution in [0.5, 0.6) is 0 Å². The Labute approximate surface area is 272 Å². The van der Waals surface area contributed by atoms with Gasteiger partial charge in [-0.3, -0.25) is 23.3 Å². The Bertz CT molecular complexity index is 2200. The molecule has 19 nitrogen and oxygen atoms in total. The number of nitrogens with one attached hydrogen (secondary N) is 1. The molecule has 0 aromatic carbocycles. The van der Waals surface area contributed by atoms with Crippen LogP contribution in [-0.2, 0) is 46.4 Å². The van der Waals surface area contributed by atoms with E-state index in [1.807, 2.05) is 4.57 Å². The van der Waals surface area contributed by atoms with Gasteiger partial charge in [-0.1, -0.05) is 0 Å². The molecule has 0 amide bonds. The number of aromatic nitrogens is 9. The molecule has 1 saturated carbocycles. The zero-order valence-corrected chi connectivity index (χ0v) is 27.3. The fraction of sp³-hybridized carbons (Fsp3) is 0.478. The van der Waals surface area contributed by atoms with Crippen molar-refractivity contribution in [1.82, 2.24) is 43.4 Å². The van der Waals surface area contributed by atoms with E-state index in [4.69, 9.17) is 57.9 Å². The number of aromatic amines is 1. The summed E-state index contributed by atoms with van der Waals surface area (Å²) in [6.07, 6.45) is 0.288. The molecule has 250 valence electrons. The number of alkyl halides is 1. The third-order valence-electron chi connectivity index (χ3n) is 8.63. The number of fused-ring (bicyclic) bond motifs is 5. The highest BCUT2D eigenvalue weighted by atomic mass is 32.5. The van der Waals surface area contributed by atoms with E-state index in [0.717, 1.165) is 10.9 Å². The summed E-state index contributed by atoms with van der Waals surface area (Å²) in [5, 5.41) is 0. The van der Waals surface area contributed by atoms with Gasteiger partial charge < -0.3 is 44.1 Å². The Morgan fingerprint density at radius 2 is 1.70 bits per heavy atom. The van der Waals surface area contributed by atoms with E-state index in [-0.39, 0.29) is 48.2 Å². The second kappa shape index (κ2) is 11.3. The van der Waals surface area contributed by atoms with Gasteiger partial charge in [0.05, 0.1) is 32.5 Å². The van der Waals surface area contributed by atoms with Gasteiger partial charge in [0.15, 0.2) is 29.2 Å². The van der Waals surface area contributed by atoms with Crippen molar-refractivity contribution < 1.29 is 37.0 Å². The van der Waals surface area contributed by atoms with Gasteiger partial charge in [-0.2, -0.15) is 9.97 Å². The quantitative estimate of drug-likeness (QED) is 0.157. The minimum atomic E-state index is -4.07. The maximum Gasteiger partial charge on any atom is 0.324 e. The summed E-state index contributed by atoms with van der Waals surface area (Å²) in [4.78, 5) is 58.0. The first-order chi connectivity index (χ1) is 22.4. The molecule has 7 N–H and O–H groups in total. The van der Waals surface area contributed by atoms with Gasteiger partial charge in [-0.15, -0.1) is 0 Å². The standard InChI is InChI=1S/C23H26FN11O8P2S2/c24-13-16-12(42-21(13)35-8-29-15-19(35)30-22(26)32-20(15)36)6-41-44(37,46)40-5-10-9(4-39-45(38,47)43-16)3-11(10)34-7-28-14-17(25)33-2-1-27-23(33)31-18(14)34/h1-2,7-13,16,21H,3-6,25H2,(H,37,46)(H,38,47)(H3,26,30,32,36)/t9-,10-,11-,12-,13-,16-,21-,44?,45?/m1/s1. The number of rotatable bonds is 2. The molecule has 24 heteroatoms. The van der Waals surface area contributed by atoms with E-state index >= 15 is 4.39 Å². The van der Waals surface area contributed by atoms with Gasteiger partial charge >= 0.3 is 13.4 Å². The van der Waals surface area contributed by atoms with Gasteiger partial charge in [-0.05, 0) is 36.0 Å². The second-order valence-electron chi connectivity index (χ2n) is 11.3. The van der Waals surface area contributed by atoms with Crippen molar-refractivity contribution in [3.05, 3.63) is 35.4 Å². The Morgan fingerprint density at radius 3 is 2.53 bits per heavy atom. The molecule has 7 heterocycles. The molecule has 2 saturated heterocycles. The number of imidazole rings is 3. The lowest BCUT2D eigenvalue weighted by atomic mass is 9.70. The Balaban J connectivity index is 1.06. The maximum atomic E-state index is 16.1. The molecular formula is C23H26FN11O8P2S2. The summed E-state index contributed by atoms with van der Waals surface area (Å²) < 4.78 is 49.4. The van der Waals surface area contributed by atoms with E-state index in [0.29, 0.717) is 29.2 Å². The molecule has 9 atom stereocenters. The van der Waals surface area contributed by atoms with Gasteiger partial charge in [0.25, 0.3) is 5.56 Å². The van der Waals surface area contributed by atoms with Crippen LogP contribution in [0.3, 0.4) is 0 Å². The minimum Gasteiger partial charge on any atom is -0.383 e. The van der Waals surface area contributed by atoms with Gasteiger partial charge in [0.1, 0.15) is 23.5 Å². The molecule has 2 aliphatic heterocycles. The molecular weight excluding hydrogens is 703 g/mol. The lowest BCUT2D eigenvalue weighted by Gasteiger charge is -2.45. The average Bonchev–Trinajstić information content (AvgIpc) is 3.78. The Morgan fingerprint density at radius 1 is 0.979 bits per heavy atom. The fourth-order valence-corrected chi connectivity index (χ4v) is 8.88. The molecule has 0 bridgehead atoms. The van der Waals surface area contributed by atoms with Crippen LogP contribution >= 0.6 is 13.4 Å². The molecule has 0 radical (unpaired) electrons. The first-order valence-electron chi connectivity index (χ1n) is 14.1. The number of hydrogen-bond donors (Lipinski definition) is 5. The predicted octanol–water partition coefficient (Wildman–Crippen LogP) is 0.671. The third kappa shape index (κ3) is 5.37. The average molecular weight is 730 g/mol. The molecule has 3 fully saturated rings. The van der Waals surface area contributed by atoms with Crippen LogP contribution in [0.25, 0.3) is 28.1 Å². The smallest absolute Gasteiger partial charge is 0.324 e. The number of ether oxygens (including phenoxy) is 1. The fourth-order valence-electron chi connectivity index (χ4n) is 6.27. The molecule has 5 aromatic heterocycles. The zero-order valence-electron chi connectivity index (χ0n) is 23.8. The summed E-state index contributed by atoms with van der Waals surface area (Å²) in [5.74, 6) is -0.0238. The zero-order chi connectivity index (χ0) is 32.8. The number of hydrogen-bond acceptors (Lipinski definition) is 15. The summed E-state index contributed by atoms with van der Waals surface area (Å²) in [7, 11) is 0. The molecule has 5 aromatic rings. The largest absolute Gasteiger partial charge is 0.383 e. The normalized spacial score (nSPS) is 35.2. The monoisotopic (exact) mass is 729 g/mol. The lowest BCUT2D eigenvalue weighted by molar-refractivity contribution is -0.0427. The summed E-state index contributed by atoms with van der Waals surface area (Å²) in [5.41, 5.74) is 12.2. The van der Waals surface area contributed by atoms with Crippen molar-refractivity contribution in [3.63, 3.8) is 0 Å². The topological polar surface area (TPSA) is 250 Å². The van der Waals surface area contributed by atoms with Crippen molar-refractivity contribution >= 4 is 76.9 Å². The molecule has 3 aliphatic rings. The predicted molar refractivity (Wildman–Crippen MR) is 168 cm³/mol. The van der Waals surface area contributed by atoms with Crippen molar-refractivity contribution in [2.75, 3.05) is 31.3 Å². The molecule has 2 unspecified atom stereocenters. The van der Waals surface area contributed by atoms with E-state index in [9.17, 15) is 14.6 Å². The number of nitrogens with two attached hydrogens (primary N) is 2. The number of halogens is 1. The summed E-state index contributed by atoms with van der Waals surface area (Å²) in [6.45, 7) is -8.62. The van der Waals surface area contributed by atoms with Gasteiger partial charge in [0.2, 0.25) is 11.7 Å². The summed E-state index contributed by atoms with van der Waals surface area (Å²) in [6, 6.07) is -0.242. The van der Waals surface area contributed by atoms with E-state index in [1.165, 1.54) is 0 Å². The Kier molecular flexibility index (Phi) is 7.50. The van der Waals surface area contributed by atoms with Crippen LogP contribution in [0.2, 0.25) is 0 Å². The third-order valence-corrected chi connectivity index (χ3v) is 11.8. The van der Waals surface area contributed by atoms with Crippen molar-refractivity contribution in [2.45, 2.75) is 37.1 Å². The highest BCUT2D eigenvalue weighted by molar-refractivity contribution is 8.07. The number of nitrogens with zero attached hydrogens (tertiary/aromatic N) is 8. The van der Waals surface area contributed by atoms with Crippen molar-refractivity contribution in [1.29, 1.82) is 0 Å². The lowest BCUT2D eigenvalue weighted by Crippen LogP contribution is -2.43. The Hall–Kier alpha value is -3.01. The van der Waals surface area contributed by atoms with Crippen LogP contribution < -0.4 is 17.0 Å². The summed E-state index contributed by atoms with van der Waals surface area (Å²) >= 11 is 10.6. The highest BCUT2D eigenvalue weighted by Gasteiger charge is 2.51. The number of anilines is 2. The molecule has 0 spiro atoms. The van der Waals surface area contributed by atoms with Crippen LogP contribution in [0.15, 0.2) is 29.8 Å². The van der Waals surface area contributed by atoms with Gasteiger partial charge in [-0.25, -0.2) is 19.3 Å². The highest BCUT2D eigenvalue weighted by Crippen LogP contribution is 2.55. The first kappa shape index (κ1) is 31.3. The molecule has 47 heavy (non-hydrogen) atoms. The van der Waals surface area contributed by atoms with Crippen LogP contribution in [0.1, 0.15) is 18.7 Å². The molecule has 8 rings (SSSR count). The van der Waals surface area contributed by atoms with E-state index in [2.05, 4.69) is 29.9 Å². The minimum absolute atomic E-state index is 0.0488. The number of nitrogen functional groups attached to an aromatic ring is 2. The second-order valence-corrected chi connectivity index (χ2v) is 17.0. The van der Waals surface area contributed by atoms with Crippen molar-refractivity contribution in [2.24, 2.45) is 11.8 Å². The van der Waals surface area contributed by atoms with Crippen molar-refractivity contribution in [3.8, 4) is 0 Å². The van der Waals surface area contributed by atoms with E-state index in [1.54, 1.807) is 23.1 Å². The first-order valence-corrected chi connectivity index (χ1v) is 19.3. The van der Waals surface area contributed by atoms with Crippen LogP contribution in [-0.4, -0.2) is 91.4 Å². The van der Waals surface area contributed by atoms with E-state index < -0.39 is 50.2 Å². The van der Waals surface area contributed by atoms with Crippen LogP contribution in [0.4, 0.5) is 16.2 Å². The van der Waals surface area contributed by atoms with Crippen LogP contribution in [0, 0.1) is 11.8 Å². The number of H-pyrrole nitrogens is 1.